The quantitative estimate of drug-likeness (QED) is 0.455. The third-order valence-electron chi connectivity index (χ3n) is 0.957. The van der Waals surface area contributed by atoms with Crippen LogP contribution in [0.25, 0.3) is 0 Å². The summed E-state index contributed by atoms with van der Waals surface area (Å²) in [6.07, 6.45) is 11.8. The van der Waals surface area contributed by atoms with E-state index in [1.807, 2.05) is 0 Å². The molecule has 21 heavy (non-hydrogen) atoms. The van der Waals surface area contributed by atoms with Crippen molar-refractivity contribution in [1.29, 1.82) is 0 Å². The molecule has 0 aliphatic carbocycles. The van der Waals surface area contributed by atoms with E-state index in [1.54, 1.807) is 0 Å². The molecular weight excluding hydrogens is 252 g/mol. The van der Waals surface area contributed by atoms with Gasteiger partial charge in [0.2, 0.25) is 0 Å². The van der Waals surface area contributed by atoms with E-state index in [2.05, 4.69) is 83.1 Å². The molecule has 0 nitrogen and oxygen atoms in total. The Morgan fingerprint density at radius 1 is 0.286 bits per heavy atom. The summed E-state index contributed by atoms with van der Waals surface area (Å²) < 4.78 is 0. The Labute approximate surface area is 141 Å². The molecule has 0 aromatic heterocycles. The van der Waals surface area contributed by atoms with Gasteiger partial charge in [-0.2, -0.15) is 0 Å². The maximum Gasteiger partial charge on any atom is -0.0536 e. The first kappa shape index (κ1) is 37.3. The fourth-order valence-corrected chi connectivity index (χ4v) is 0.500. The summed E-state index contributed by atoms with van der Waals surface area (Å²) in [5.74, 6) is 0. The Balaban J connectivity index is -0.0000000333. The van der Waals surface area contributed by atoms with Crippen molar-refractivity contribution < 1.29 is 0 Å². The topological polar surface area (TPSA) is 0 Å². The molecule has 0 unspecified atom stereocenters. The van der Waals surface area contributed by atoms with Crippen molar-refractivity contribution >= 4 is 0 Å². The molecule has 0 radical (unpaired) electrons. The fraction of sp³-hybridized carbons (Fsp3) is 1.00. The minimum atomic E-state index is 1.25. The highest BCUT2D eigenvalue weighted by molar-refractivity contribution is 4.31. The minimum absolute atomic E-state index is 1.25. The zero-order chi connectivity index (χ0) is 18.4. The van der Waals surface area contributed by atoms with Crippen LogP contribution >= 0.6 is 0 Å². The molecule has 0 rings (SSSR count). The molecular formula is C21H54. The Morgan fingerprint density at radius 3 is 0.429 bits per heavy atom. The minimum Gasteiger partial charge on any atom is -0.0656 e. The molecule has 0 spiro atoms. The molecule has 0 heteroatoms. The van der Waals surface area contributed by atoms with E-state index >= 15 is 0 Å². The Bertz CT molecular complexity index is 41.4. The van der Waals surface area contributed by atoms with Gasteiger partial charge in [-0.1, -0.05) is 141 Å². The van der Waals surface area contributed by atoms with Gasteiger partial charge in [0.1, 0.15) is 0 Å². The van der Waals surface area contributed by atoms with Gasteiger partial charge in [-0.05, 0) is 0 Å². The van der Waals surface area contributed by atoms with Crippen LogP contribution in [0.4, 0.5) is 0 Å². The van der Waals surface area contributed by atoms with Crippen LogP contribution in [0.2, 0.25) is 0 Å². The van der Waals surface area contributed by atoms with Crippen molar-refractivity contribution in [3.05, 3.63) is 0 Å². The lowest BCUT2D eigenvalue weighted by Gasteiger charge is -1.86. The van der Waals surface area contributed by atoms with Gasteiger partial charge in [-0.15, -0.1) is 0 Å². The zero-order valence-corrected chi connectivity index (χ0v) is 18.4. The van der Waals surface area contributed by atoms with E-state index < -0.39 is 0 Å². The first-order valence-corrected chi connectivity index (χ1v) is 9.99. The molecule has 0 aromatic rings. The van der Waals surface area contributed by atoms with E-state index in [4.69, 9.17) is 0 Å². The molecule has 0 saturated heterocycles. The second kappa shape index (κ2) is 89.1. The van der Waals surface area contributed by atoms with Crippen LogP contribution in [0.5, 0.6) is 0 Å². The summed E-state index contributed by atoms with van der Waals surface area (Å²) in [7, 11) is 0. The molecule has 0 aliphatic heterocycles. The van der Waals surface area contributed by atoms with Crippen LogP contribution in [0.3, 0.4) is 0 Å². The second-order valence-corrected chi connectivity index (χ2v) is 5.24. The highest BCUT2D eigenvalue weighted by Gasteiger charge is 1.75. The fourth-order valence-electron chi connectivity index (χ4n) is 0.500. The van der Waals surface area contributed by atoms with Gasteiger partial charge in [0.05, 0.1) is 0 Å². The van der Waals surface area contributed by atoms with E-state index in [9.17, 15) is 0 Å². The van der Waals surface area contributed by atoms with Crippen molar-refractivity contribution in [1.82, 2.24) is 0 Å². The first-order chi connectivity index (χ1) is 9.99. The molecule has 0 saturated carbocycles. The lowest BCUT2D eigenvalue weighted by Crippen LogP contribution is -1.66. The van der Waals surface area contributed by atoms with E-state index in [1.165, 1.54) is 57.8 Å². The van der Waals surface area contributed by atoms with E-state index in [0.717, 1.165) is 0 Å². The molecule has 0 bridgehead atoms. The number of unbranched alkanes of at least 4 members (excludes halogenated alkanes) is 3. The summed E-state index contributed by atoms with van der Waals surface area (Å²) in [6.45, 7) is 25.7. The Hall–Kier alpha value is 0. The smallest absolute Gasteiger partial charge is 0.0536 e. The summed E-state index contributed by atoms with van der Waals surface area (Å²) in [6, 6.07) is 0. The van der Waals surface area contributed by atoms with Crippen molar-refractivity contribution in [3.8, 4) is 0 Å². The molecule has 0 fully saturated rings. The lowest BCUT2D eigenvalue weighted by atomic mass is 10.2. The molecule has 0 aliphatic rings. The molecule has 0 N–H and O–H groups in total. The van der Waals surface area contributed by atoms with Crippen LogP contribution < -0.4 is 0 Å². The zero-order valence-electron chi connectivity index (χ0n) is 18.4. The maximum atomic E-state index is 2.23. The number of hydrogen-bond acceptors (Lipinski definition) is 0. The van der Waals surface area contributed by atoms with Gasteiger partial charge < -0.3 is 0 Å². The SMILES string of the molecule is CCC.CCC.CCC.CCC.CCC.CCCCCC. The summed E-state index contributed by atoms with van der Waals surface area (Å²) in [5.41, 5.74) is 0. The van der Waals surface area contributed by atoms with Crippen molar-refractivity contribution in [2.24, 2.45) is 0 Å². The predicted molar refractivity (Wildman–Crippen MR) is 110 cm³/mol. The lowest BCUT2D eigenvalue weighted by molar-refractivity contribution is 0.702. The standard InChI is InChI=1S/C6H14.5C3H8/c1-3-5-6-4-2;5*1-3-2/h3-6H2,1-2H3;5*3H2,1-2H3. The van der Waals surface area contributed by atoms with Gasteiger partial charge in [-0.3, -0.25) is 0 Å². The maximum absolute atomic E-state index is 2.23. The average molecular weight is 307 g/mol. The monoisotopic (exact) mass is 306 g/mol. The summed E-state index contributed by atoms with van der Waals surface area (Å²) in [4.78, 5) is 0. The summed E-state index contributed by atoms with van der Waals surface area (Å²) >= 11 is 0. The Kier molecular flexibility index (Phi) is 158. The van der Waals surface area contributed by atoms with E-state index in [-0.39, 0.29) is 0 Å². The summed E-state index contributed by atoms with van der Waals surface area (Å²) in [5, 5.41) is 0. The predicted octanol–water partition coefficient (Wildman–Crippen LogP) is 9.67. The molecule has 0 atom stereocenters. The Morgan fingerprint density at radius 2 is 0.381 bits per heavy atom. The van der Waals surface area contributed by atoms with Gasteiger partial charge in [-0.25, -0.2) is 0 Å². The van der Waals surface area contributed by atoms with Gasteiger partial charge in [0, 0.05) is 0 Å². The molecule has 0 aromatic carbocycles. The second-order valence-electron chi connectivity index (χ2n) is 5.24. The van der Waals surface area contributed by atoms with Gasteiger partial charge in [0.25, 0.3) is 0 Å². The van der Waals surface area contributed by atoms with Crippen LogP contribution in [-0.2, 0) is 0 Å². The highest BCUT2D eigenvalue weighted by atomic mass is 13.8. The van der Waals surface area contributed by atoms with Crippen molar-refractivity contribution in [2.45, 2.75) is 141 Å². The average Bonchev–Trinajstić information content (AvgIpc) is 2.41. The van der Waals surface area contributed by atoms with Crippen LogP contribution in [-0.4, -0.2) is 0 Å². The third kappa shape index (κ3) is 720. The number of rotatable bonds is 3. The van der Waals surface area contributed by atoms with Crippen molar-refractivity contribution in [2.75, 3.05) is 0 Å². The largest absolute Gasteiger partial charge is 0.0656 e. The van der Waals surface area contributed by atoms with Crippen LogP contribution in [0, 0.1) is 0 Å². The molecule has 0 amide bonds. The molecule has 0 heterocycles. The first-order valence-electron chi connectivity index (χ1n) is 9.99. The third-order valence-corrected chi connectivity index (χ3v) is 0.957. The van der Waals surface area contributed by atoms with Gasteiger partial charge >= 0.3 is 0 Å². The highest BCUT2D eigenvalue weighted by Crippen LogP contribution is 1.95. The normalized spacial score (nSPS) is 6.86. The molecule has 138 valence electrons. The van der Waals surface area contributed by atoms with Crippen LogP contribution in [0.1, 0.15) is 141 Å². The van der Waals surface area contributed by atoms with Crippen LogP contribution in [0.15, 0.2) is 0 Å². The van der Waals surface area contributed by atoms with Crippen molar-refractivity contribution in [3.63, 3.8) is 0 Å². The van der Waals surface area contributed by atoms with Gasteiger partial charge in [0.15, 0.2) is 0 Å². The number of hydrogen-bond donors (Lipinski definition) is 0. The van der Waals surface area contributed by atoms with E-state index in [0.29, 0.717) is 0 Å².